The number of piperazine rings is 1. The minimum Gasteiger partial charge on any atom is -0.492 e. The Kier molecular flexibility index (Phi) is 9.31. The van der Waals surface area contributed by atoms with Crippen molar-refractivity contribution in [2.24, 2.45) is 0 Å². The van der Waals surface area contributed by atoms with Gasteiger partial charge in [0.15, 0.2) is 0 Å². The zero-order chi connectivity index (χ0) is 25.3. The van der Waals surface area contributed by atoms with Gasteiger partial charge in [-0.3, -0.25) is 19.7 Å². The van der Waals surface area contributed by atoms with Crippen molar-refractivity contribution in [3.05, 3.63) is 65.3 Å². The lowest BCUT2D eigenvalue weighted by atomic mass is 10.1. The molecule has 2 heterocycles. The molecule has 9 nitrogen and oxygen atoms in total. The summed E-state index contributed by atoms with van der Waals surface area (Å²) in [6.07, 6.45) is 1.91. The molecule has 11 heteroatoms. The fourth-order valence-electron chi connectivity index (χ4n) is 3.67. The summed E-state index contributed by atoms with van der Waals surface area (Å²) in [5, 5.41) is 12.0. The summed E-state index contributed by atoms with van der Waals surface area (Å²) >= 11 is 2.57. The molecule has 2 amide bonds. The van der Waals surface area contributed by atoms with Crippen LogP contribution in [-0.4, -0.2) is 77.5 Å². The van der Waals surface area contributed by atoms with Gasteiger partial charge in [-0.2, -0.15) is 0 Å². The molecule has 0 spiro atoms. The number of hydrogen-bond acceptors (Lipinski definition) is 9. The Morgan fingerprint density at radius 2 is 1.81 bits per heavy atom. The van der Waals surface area contributed by atoms with E-state index in [4.69, 9.17) is 9.94 Å². The van der Waals surface area contributed by atoms with Gasteiger partial charge in [0.05, 0.1) is 18.0 Å². The quantitative estimate of drug-likeness (QED) is 0.168. The minimum atomic E-state index is -0.558. The summed E-state index contributed by atoms with van der Waals surface area (Å²) in [6.45, 7) is 5.86. The second kappa shape index (κ2) is 12.8. The molecule has 3 N–H and O–H groups in total. The molecule has 1 fully saturated rings. The number of carbonyl (C=O) groups excluding carboxylic acids is 2. The van der Waals surface area contributed by atoms with E-state index in [1.165, 1.54) is 0 Å². The van der Waals surface area contributed by atoms with E-state index in [1.807, 2.05) is 30.5 Å². The minimum absolute atomic E-state index is 0.160. The molecule has 1 saturated heterocycles. The van der Waals surface area contributed by atoms with Gasteiger partial charge in [-0.05, 0) is 60.8 Å². The molecule has 0 saturated carbocycles. The predicted octanol–water partition coefficient (Wildman–Crippen LogP) is 3.56. The van der Waals surface area contributed by atoms with Crippen molar-refractivity contribution < 1.29 is 19.5 Å². The third-order valence-corrected chi connectivity index (χ3v) is 7.54. The number of thioether (sulfide) groups is 1. The molecular weight excluding hydrogens is 498 g/mol. The smallest absolute Gasteiger partial charge is 0.307 e. The average Bonchev–Trinajstić information content (AvgIpc) is 3.37. The molecule has 2 aromatic carbocycles. The van der Waals surface area contributed by atoms with Crippen molar-refractivity contribution in [3.63, 3.8) is 0 Å². The van der Waals surface area contributed by atoms with Crippen molar-refractivity contribution in [2.45, 2.75) is 11.4 Å². The number of nitrogens with one attached hydrogen (secondary N) is 2. The van der Waals surface area contributed by atoms with Crippen LogP contribution in [0.1, 0.15) is 15.4 Å². The monoisotopic (exact) mass is 527 g/mol. The first kappa shape index (κ1) is 26.1. The van der Waals surface area contributed by atoms with E-state index in [9.17, 15) is 9.59 Å². The van der Waals surface area contributed by atoms with Crippen LogP contribution in [0.3, 0.4) is 0 Å². The summed E-state index contributed by atoms with van der Waals surface area (Å²) in [5.41, 5.74) is 3.21. The number of rotatable bonds is 9. The Bertz CT molecular complexity index is 1150. The Labute approximate surface area is 218 Å². The van der Waals surface area contributed by atoms with Gasteiger partial charge < -0.3 is 15.0 Å². The van der Waals surface area contributed by atoms with Gasteiger partial charge in [0, 0.05) is 42.8 Å². The number of hydroxylamine groups is 1. The summed E-state index contributed by atoms with van der Waals surface area (Å²) < 4.78 is 5.63. The van der Waals surface area contributed by atoms with Crippen LogP contribution in [-0.2, 0) is 6.54 Å². The van der Waals surface area contributed by atoms with Crippen molar-refractivity contribution in [1.82, 2.24) is 25.6 Å². The zero-order valence-electron chi connectivity index (χ0n) is 20.0. The summed E-state index contributed by atoms with van der Waals surface area (Å²) in [6, 6.07) is 14.4. The highest BCUT2D eigenvalue weighted by Gasteiger charge is 2.16. The summed E-state index contributed by atoms with van der Waals surface area (Å²) in [4.78, 5) is 34.8. The summed E-state index contributed by atoms with van der Waals surface area (Å²) in [7, 11) is 2.15. The predicted molar refractivity (Wildman–Crippen MR) is 141 cm³/mol. The highest BCUT2D eigenvalue weighted by atomic mass is 32.2. The topological polar surface area (TPSA) is 107 Å². The first-order chi connectivity index (χ1) is 17.5. The van der Waals surface area contributed by atoms with Crippen LogP contribution in [0.4, 0.5) is 4.79 Å². The molecule has 36 heavy (non-hydrogen) atoms. The number of ether oxygens (including phenoxy) is 1. The lowest BCUT2D eigenvalue weighted by molar-refractivity contribution is 0.0947. The maximum absolute atomic E-state index is 12.5. The lowest BCUT2D eigenvalue weighted by Crippen LogP contribution is -2.43. The largest absolute Gasteiger partial charge is 0.492 e. The SMILES string of the molecule is CN1CCN(Cc2ncc(-c3ccc(C(=O)NCCOc4ccc(SC(=O)NO)cc4)cc3)s2)CC1. The van der Waals surface area contributed by atoms with Crippen LogP contribution in [0.15, 0.2) is 59.6 Å². The van der Waals surface area contributed by atoms with Crippen molar-refractivity contribution in [1.29, 1.82) is 0 Å². The van der Waals surface area contributed by atoms with E-state index in [0.717, 1.165) is 59.9 Å². The van der Waals surface area contributed by atoms with Crippen molar-refractivity contribution in [2.75, 3.05) is 46.4 Å². The Morgan fingerprint density at radius 1 is 1.08 bits per heavy atom. The maximum atomic E-state index is 12.5. The molecule has 4 rings (SSSR count). The zero-order valence-corrected chi connectivity index (χ0v) is 21.6. The molecule has 1 aliphatic heterocycles. The standard InChI is InChI=1S/C25H29N5O4S2/c1-29-11-13-30(14-12-29)17-23-27-16-22(36-23)18-2-4-19(5-3-18)24(31)26-10-15-34-20-6-8-21(9-7-20)35-25(32)28-33/h2-9,16,33H,10-15,17H2,1H3,(H,26,31)(H,28,32). The number of carbonyl (C=O) groups is 2. The molecule has 0 aliphatic carbocycles. The van der Waals surface area contributed by atoms with Crippen LogP contribution in [0.25, 0.3) is 10.4 Å². The highest BCUT2D eigenvalue weighted by Crippen LogP contribution is 2.27. The van der Waals surface area contributed by atoms with Crippen LogP contribution >= 0.6 is 23.1 Å². The van der Waals surface area contributed by atoms with E-state index in [2.05, 4.69) is 27.1 Å². The van der Waals surface area contributed by atoms with Gasteiger partial charge in [0.25, 0.3) is 5.91 Å². The third kappa shape index (κ3) is 7.52. The van der Waals surface area contributed by atoms with Crippen molar-refractivity contribution >= 4 is 34.2 Å². The van der Waals surface area contributed by atoms with E-state index >= 15 is 0 Å². The molecule has 190 valence electrons. The fourth-order valence-corrected chi connectivity index (χ4v) is 5.17. The lowest BCUT2D eigenvalue weighted by Gasteiger charge is -2.31. The van der Waals surface area contributed by atoms with Crippen LogP contribution in [0.5, 0.6) is 5.75 Å². The molecule has 1 aliphatic rings. The Hall–Kier alpha value is -2.96. The van der Waals surface area contributed by atoms with Crippen molar-refractivity contribution in [3.8, 4) is 16.2 Å². The molecule has 0 bridgehead atoms. The van der Waals surface area contributed by atoms with Gasteiger partial charge in [-0.15, -0.1) is 11.3 Å². The fraction of sp³-hybridized carbons (Fsp3) is 0.320. The Morgan fingerprint density at radius 3 is 2.50 bits per heavy atom. The molecule has 1 aromatic heterocycles. The third-order valence-electron chi connectivity index (χ3n) is 5.72. The van der Waals surface area contributed by atoms with E-state index < -0.39 is 5.24 Å². The number of amides is 2. The van der Waals surface area contributed by atoms with E-state index in [1.54, 1.807) is 41.1 Å². The molecule has 3 aromatic rings. The second-order valence-electron chi connectivity index (χ2n) is 8.35. The number of hydrogen-bond donors (Lipinski definition) is 3. The Balaban J connectivity index is 1.20. The number of nitrogens with zero attached hydrogens (tertiary/aromatic N) is 3. The van der Waals surface area contributed by atoms with Crippen LogP contribution in [0.2, 0.25) is 0 Å². The molecular formula is C25H29N5O4S2. The van der Waals surface area contributed by atoms with Crippen LogP contribution < -0.4 is 15.5 Å². The van der Waals surface area contributed by atoms with Gasteiger partial charge in [0.2, 0.25) is 0 Å². The highest BCUT2D eigenvalue weighted by molar-refractivity contribution is 8.13. The number of likely N-dealkylation sites (N-methyl/N-ethyl adjacent to an activating group) is 1. The van der Waals surface area contributed by atoms with E-state index in [-0.39, 0.29) is 5.91 Å². The average molecular weight is 528 g/mol. The first-order valence-electron chi connectivity index (χ1n) is 11.6. The number of aromatic nitrogens is 1. The molecule has 0 radical (unpaired) electrons. The normalized spacial score (nSPS) is 14.4. The molecule has 0 atom stereocenters. The van der Waals surface area contributed by atoms with Gasteiger partial charge in [0.1, 0.15) is 17.4 Å². The van der Waals surface area contributed by atoms with Crippen LogP contribution in [0, 0.1) is 0 Å². The first-order valence-corrected chi connectivity index (χ1v) is 13.2. The number of thiazole rings is 1. The summed E-state index contributed by atoms with van der Waals surface area (Å²) in [5.74, 6) is 0.464. The van der Waals surface area contributed by atoms with Gasteiger partial charge in [-0.25, -0.2) is 10.5 Å². The van der Waals surface area contributed by atoms with Gasteiger partial charge >= 0.3 is 5.24 Å². The van der Waals surface area contributed by atoms with E-state index in [0.29, 0.717) is 29.4 Å². The number of benzene rings is 2. The molecule has 0 unspecified atom stereocenters. The second-order valence-corrected chi connectivity index (χ2v) is 10.5. The maximum Gasteiger partial charge on any atom is 0.307 e. The van der Waals surface area contributed by atoms with Gasteiger partial charge in [-0.1, -0.05) is 12.1 Å².